The molecule has 1 amide bonds. The minimum Gasteiger partial charge on any atom is -0.480 e. The van der Waals surface area contributed by atoms with Gasteiger partial charge in [-0.15, -0.1) is 0 Å². The number of carbonyl (C=O) groups excluding carboxylic acids is 1. The van der Waals surface area contributed by atoms with Gasteiger partial charge in [0.1, 0.15) is 6.04 Å². The van der Waals surface area contributed by atoms with Crippen molar-refractivity contribution in [3.8, 4) is 0 Å². The Morgan fingerprint density at radius 1 is 1.41 bits per heavy atom. The summed E-state index contributed by atoms with van der Waals surface area (Å²) in [6.45, 7) is 3.66. The smallest absolute Gasteiger partial charge is 0.320 e. The van der Waals surface area contributed by atoms with Crippen LogP contribution in [0.2, 0.25) is 0 Å². The Morgan fingerprint density at radius 3 is 2.82 bits per heavy atom. The van der Waals surface area contributed by atoms with E-state index in [2.05, 4.69) is 12.2 Å². The zero-order valence-corrected chi connectivity index (χ0v) is 10.4. The topological polar surface area (TPSA) is 69.6 Å². The van der Waals surface area contributed by atoms with Crippen LogP contribution in [0.5, 0.6) is 0 Å². The standard InChI is InChI=1S/C12H22N2O3/c1-2-3-7-13-11(15)9-14-8-5-4-6-10(14)12(16)17/h10H,2-9H2,1H3,(H,13,15)(H,16,17). The molecule has 1 atom stereocenters. The van der Waals surface area contributed by atoms with E-state index >= 15 is 0 Å². The monoisotopic (exact) mass is 242 g/mol. The van der Waals surface area contributed by atoms with Crippen LogP contribution in [0, 0.1) is 0 Å². The Hall–Kier alpha value is -1.10. The molecule has 0 spiro atoms. The van der Waals surface area contributed by atoms with Gasteiger partial charge in [-0.1, -0.05) is 19.8 Å². The van der Waals surface area contributed by atoms with E-state index in [1.165, 1.54) is 0 Å². The first kappa shape index (κ1) is 14.0. The molecule has 98 valence electrons. The molecule has 2 N–H and O–H groups in total. The fourth-order valence-corrected chi connectivity index (χ4v) is 2.10. The summed E-state index contributed by atoms with van der Waals surface area (Å²) < 4.78 is 0. The molecule has 17 heavy (non-hydrogen) atoms. The summed E-state index contributed by atoms with van der Waals surface area (Å²) in [6.07, 6.45) is 4.57. The Balaban J connectivity index is 2.36. The minimum absolute atomic E-state index is 0.0633. The van der Waals surface area contributed by atoms with E-state index in [0.717, 1.165) is 25.7 Å². The first-order valence-corrected chi connectivity index (χ1v) is 6.38. The first-order chi connectivity index (χ1) is 8.15. The lowest BCUT2D eigenvalue weighted by molar-refractivity contribution is -0.145. The Labute approximate surface area is 102 Å². The molecular weight excluding hydrogens is 220 g/mol. The quantitative estimate of drug-likeness (QED) is 0.677. The summed E-state index contributed by atoms with van der Waals surface area (Å²) in [7, 11) is 0. The highest BCUT2D eigenvalue weighted by Crippen LogP contribution is 2.16. The summed E-state index contributed by atoms with van der Waals surface area (Å²) >= 11 is 0. The van der Waals surface area contributed by atoms with Gasteiger partial charge in [0.15, 0.2) is 0 Å². The molecular formula is C12H22N2O3. The molecule has 5 heteroatoms. The molecule has 1 fully saturated rings. The molecule has 0 aromatic rings. The Morgan fingerprint density at radius 2 is 2.18 bits per heavy atom. The number of likely N-dealkylation sites (tertiary alicyclic amines) is 1. The van der Waals surface area contributed by atoms with Gasteiger partial charge < -0.3 is 10.4 Å². The molecule has 0 aliphatic carbocycles. The molecule has 0 aromatic carbocycles. The molecule has 1 aliphatic heterocycles. The second-order valence-electron chi connectivity index (χ2n) is 4.52. The summed E-state index contributed by atoms with van der Waals surface area (Å²) in [5, 5.41) is 11.9. The van der Waals surface area contributed by atoms with Crippen LogP contribution in [-0.4, -0.2) is 47.6 Å². The predicted molar refractivity (Wildman–Crippen MR) is 64.8 cm³/mol. The largest absolute Gasteiger partial charge is 0.480 e. The lowest BCUT2D eigenvalue weighted by Crippen LogP contribution is -2.49. The lowest BCUT2D eigenvalue weighted by Gasteiger charge is -2.32. The number of amides is 1. The van der Waals surface area contributed by atoms with Crippen LogP contribution in [0.1, 0.15) is 39.0 Å². The van der Waals surface area contributed by atoms with E-state index in [9.17, 15) is 9.59 Å². The van der Waals surface area contributed by atoms with Gasteiger partial charge in [0.25, 0.3) is 0 Å². The van der Waals surface area contributed by atoms with Gasteiger partial charge in [0.05, 0.1) is 6.54 Å². The van der Waals surface area contributed by atoms with Gasteiger partial charge in [-0.2, -0.15) is 0 Å². The number of carboxylic acid groups (broad SMARTS) is 1. The Bertz CT molecular complexity index is 268. The average molecular weight is 242 g/mol. The third kappa shape index (κ3) is 4.73. The molecule has 1 heterocycles. The van der Waals surface area contributed by atoms with Crippen molar-refractivity contribution in [2.75, 3.05) is 19.6 Å². The van der Waals surface area contributed by atoms with Crippen molar-refractivity contribution in [2.24, 2.45) is 0 Å². The zero-order chi connectivity index (χ0) is 12.7. The first-order valence-electron chi connectivity index (χ1n) is 6.38. The zero-order valence-electron chi connectivity index (χ0n) is 10.4. The predicted octanol–water partition coefficient (Wildman–Crippen LogP) is 0.842. The highest BCUT2D eigenvalue weighted by Gasteiger charge is 2.29. The number of hydrogen-bond donors (Lipinski definition) is 2. The van der Waals surface area contributed by atoms with E-state index in [1.54, 1.807) is 4.90 Å². The van der Waals surface area contributed by atoms with Crippen LogP contribution in [-0.2, 0) is 9.59 Å². The number of rotatable bonds is 6. The van der Waals surface area contributed by atoms with Crippen LogP contribution in [0.15, 0.2) is 0 Å². The van der Waals surface area contributed by atoms with Crippen molar-refractivity contribution >= 4 is 11.9 Å². The highest BCUT2D eigenvalue weighted by atomic mass is 16.4. The van der Waals surface area contributed by atoms with Gasteiger partial charge in [0, 0.05) is 6.54 Å². The van der Waals surface area contributed by atoms with Crippen molar-refractivity contribution in [2.45, 2.75) is 45.1 Å². The summed E-state index contributed by atoms with van der Waals surface area (Å²) in [4.78, 5) is 24.4. The van der Waals surface area contributed by atoms with Crippen LogP contribution < -0.4 is 5.32 Å². The van der Waals surface area contributed by atoms with Crippen LogP contribution >= 0.6 is 0 Å². The van der Waals surface area contributed by atoms with Gasteiger partial charge in [-0.05, 0) is 25.8 Å². The van der Waals surface area contributed by atoms with Crippen molar-refractivity contribution in [3.05, 3.63) is 0 Å². The summed E-state index contributed by atoms with van der Waals surface area (Å²) in [5.74, 6) is -0.877. The Kier molecular flexibility index (Phi) is 5.97. The number of carbonyl (C=O) groups is 2. The molecule has 1 rings (SSSR count). The van der Waals surface area contributed by atoms with Gasteiger partial charge in [-0.25, -0.2) is 0 Å². The second-order valence-corrected chi connectivity index (χ2v) is 4.52. The maximum Gasteiger partial charge on any atom is 0.320 e. The highest BCUT2D eigenvalue weighted by molar-refractivity contribution is 5.80. The molecule has 0 saturated carbocycles. The summed E-state index contributed by atoms with van der Waals surface area (Å²) in [6, 6.07) is -0.485. The second kappa shape index (κ2) is 7.27. The number of nitrogens with one attached hydrogen (secondary N) is 1. The molecule has 0 bridgehead atoms. The number of hydrogen-bond acceptors (Lipinski definition) is 3. The molecule has 1 saturated heterocycles. The minimum atomic E-state index is -0.814. The third-order valence-electron chi connectivity index (χ3n) is 3.10. The van der Waals surface area contributed by atoms with Crippen molar-refractivity contribution < 1.29 is 14.7 Å². The van der Waals surface area contributed by atoms with Crippen LogP contribution in [0.25, 0.3) is 0 Å². The molecule has 0 radical (unpaired) electrons. The van der Waals surface area contributed by atoms with Gasteiger partial charge in [-0.3, -0.25) is 14.5 Å². The fourth-order valence-electron chi connectivity index (χ4n) is 2.10. The third-order valence-corrected chi connectivity index (χ3v) is 3.10. The van der Waals surface area contributed by atoms with Gasteiger partial charge >= 0.3 is 5.97 Å². The number of nitrogens with zero attached hydrogens (tertiary/aromatic N) is 1. The van der Waals surface area contributed by atoms with Crippen LogP contribution in [0.4, 0.5) is 0 Å². The van der Waals surface area contributed by atoms with E-state index in [0.29, 0.717) is 19.5 Å². The number of piperidine rings is 1. The number of aliphatic carboxylic acids is 1. The normalized spacial score (nSPS) is 21.1. The molecule has 5 nitrogen and oxygen atoms in total. The number of unbranched alkanes of at least 4 members (excludes halogenated alkanes) is 1. The van der Waals surface area contributed by atoms with E-state index in [1.807, 2.05) is 0 Å². The van der Waals surface area contributed by atoms with Crippen molar-refractivity contribution in [1.82, 2.24) is 10.2 Å². The van der Waals surface area contributed by atoms with Gasteiger partial charge in [0.2, 0.25) is 5.91 Å². The van der Waals surface area contributed by atoms with E-state index < -0.39 is 12.0 Å². The van der Waals surface area contributed by atoms with E-state index in [-0.39, 0.29) is 12.5 Å². The molecule has 0 aromatic heterocycles. The maximum atomic E-state index is 11.6. The average Bonchev–Trinajstić information content (AvgIpc) is 2.29. The van der Waals surface area contributed by atoms with E-state index in [4.69, 9.17) is 5.11 Å². The lowest BCUT2D eigenvalue weighted by atomic mass is 10.0. The van der Waals surface area contributed by atoms with Crippen molar-refractivity contribution in [1.29, 1.82) is 0 Å². The fraction of sp³-hybridized carbons (Fsp3) is 0.833. The SMILES string of the molecule is CCCCNC(=O)CN1CCCCC1C(=O)O. The van der Waals surface area contributed by atoms with Crippen molar-refractivity contribution in [3.63, 3.8) is 0 Å². The number of carboxylic acids is 1. The van der Waals surface area contributed by atoms with Crippen LogP contribution in [0.3, 0.4) is 0 Å². The summed E-state index contributed by atoms with van der Waals surface area (Å²) in [5.41, 5.74) is 0. The molecule has 1 unspecified atom stereocenters. The maximum absolute atomic E-state index is 11.6. The molecule has 1 aliphatic rings.